The number of anilines is 2. The van der Waals surface area contributed by atoms with Crippen LogP contribution in [0.1, 0.15) is 15.9 Å². The van der Waals surface area contributed by atoms with E-state index in [1.165, 1.54) is 30.8 Å². The number of methoxy groups -OCH3 is 1. The molecule has 3 rings (SSSR count). The van der Waals surface area contributed by atoms with Gasteiger partial charge in [0.05, 0.1) is 12.7 Å². The fourth-order valence-electron chi connectivity index (χ4n) is 2.76. The summed E-state index contributed by atoms with van der Waals surface area (Å²) in [6.07, 6.45) is 3.80. The molecule has 7 nitrogen and oxygen atoms in total. The highest BCUT2D eigenvalue weighted by molar-refractivity contribution is 5.88. The molecule has 1 aliphatic heterocycles. The fourth-order valence-corrected chi connectivity index (χ4v) is 2.76. The van der Waals surface area contributed by atoms with E-state index >= 15 is 0 Å². The third-order valence-corrected chi connectivity index (χ3v) is 4.19. The molecule has 2 aromatic rings. The van der Waals surface area contributed by atoms with E-state index in [0.29, 0.717) is 11.5 Å². The number of piperazine rings is 1. The van der Waals surface area contributed by atoms with E-state index in [1.807, 2.05) is 0 Å². The van der Waals surface area contributed by atoms with Gasteiger partial charge in [0.25, 0.3) is 0 Å². The van der Waals surface area contributed by atoms with Crippen LogP contribution in [0.4, 0.5) is 11.6 Å². The summed E-state index contributed by atoms with van der Waals surface area (Å²) in [4.78, 5) is 22.0. The van der Waals surface area contributed by atoms with Gasteiger partial charge >= 0.3 is 5.97 Å². The lowest BCUT2D eigenvalue weighted by molar-refractivity contribution is 0.0600. The molecule has 1 aliphatic rings. The first-order chi connectivity index (χ1) is 12.3. The highest BCUT2D eigenvalue weighted by atomic mass is 16.5. The number of rotatable bonds is 6. The maximum Gasteiger partial charge on any atom is 0.341 e. The SMILES string of the molecule is COC(=O)c1cnc(NCCc2ccc(N3CCNCC3)cc2)nc1. The minimum atomic E-state index is -0.434. The minimum Gasteiger partial charge on any atom is -0.465 e. The molecule has 1 saturated heterocycles. The van der Waals surface area contributed by atoms with Gasteiger partial charge in [-0.2, -0.15) is 0 Å². The van der Waals surface area contributed by atoms with Crippen molar-refractivity contribution < 1.29 is 9.53 Å². The Balaban J connectivity index is 1.47. The predicted octanol–water partition coefficient (Wildman–Crippen LogP) is 1.33. The zero-order valence-electron chi connectivity index (χ0n) is 14.4. The van der Waals surface area contributed by atoms with E-state index in [4.69, 9.17) is 0 Å². The summed E-state index contributed by atoms with van der Waals surface area (Å²) in [6.45, 7) is 4.92. The number of carbonyl (C=O) groups is 1. The number of esters is 1. The highest BCUT2D eigenvalue weighted by Crippen LogP contribution is 2.16. The average Bonchev–Trinajstić information content (AvgIpc) is 2.69. The molecule has 7 heteroatoms. The summed E-state index contributed by atoms with van der Waals surface area (Å²) < 4.78 is 4.62. The first kappa shape index (κ1) is 17.2. The Hall–Kier alpha value is -2.67. The molecule has 0 radical (unpaired) electrons. The van der Waals surface area contributed by atoms with Crippen molar-refractivity contribution in [1.29, 1.82) is 0 Å². The predicted molar refractivity (Wildman–Crippen MR) is 97.1 cm³/mol. The second-order valence-electron chi connectivity index (χ2n) is 5.87. The van der Waals surface area contributed by atoms with Gasteiger partial charge in [0, 0.05) is 50.8 Å². The van der Waals surface area contributed by atoms with E-state index in [1.54, 1.807) is 0 Å². The zero-order chi connectivity index (χ0) is 17.5. The molecule has 0 amide bonds. The Kier molecular flexibility index (Phi) is 5.79. The molecule has 0 atom stereocenters. The number of hydrogen-bond acceptors (Lipinski definition) is 7. The lowest BCUT2D eigenvalue weighted by Gasteiger charge is -2.29. The van der Waals surface area contributed by atoms with Crippen LogP contribution in [0.25, 0.3) is 0 Å². The van der Waals surface area contributed by atoms with Crippen LogP contribution in [0.3, 0.4) is 0 Å². The van der Waals surface area contributed by atoms with E-state index in [0.717, 1.165) is 39.1 Å². The van der Waals surface area contributed by atoms with Crippen LogP contribution >= 0.6 is 0 Å². The smallest absolute Gasteiger partial charge is 0.341 e. The molecule has 132 valence electrons. The van der Waals surface area contributed by atoms with Gasteiger partial charge in [-0.05, 0) is 24.1 Å². The second-order valence-corrected chi connectivity index (χ2v) is 5.87. The lowest BCUT2D eigenvalue weighted by Crippen LogP contribution is -2.43. The second kappa shape index (κ2) is 8.43. The van der Waals surface area contributed by atoms with Crippen LogP contribution in [0, 0.1) is 0 Å². The first-order valence-corrected chi connectivity index (χ1v) is 8.45. The number of nitrogens with one attached hydrogen (secondary N) is 2. The van der Waals surface area contributed by atoms with Crippen LogP contribution in [0.5, 0.6) is 0 Å². The monoisotopic (exact) mass is 341 g/mol. The molecule has 25 heavy (non-hydrogen) atoms. The zero-order valence-corrected chi connectivity index (χ0v) is 14.4. The summed E-state index contributed by atoms with van der Waals surface area (Å²) in [7, 11) is 1.34. The maximum absolute atomic E-state index is 11.3. The van der Waals surface area contributed by atoms with Crippen LogP contribution in [0.2, 0.25) is 0 Å². The van der Waals surface area contributed by atoms with Gasteiger partial charge < -0.3 is 20.3 Å². The quantitative estimate of drug-likeness (QED) is 0.767. The van der Waals surface area contributed by atoms with E-state index in [-0.39, 0.29) is 0 Å². The van der Waals surface area contributed by atoms with Gasteiger partial charge in [0.15, 0.2) is 0 Å². The fraction of sp³-hybridized carbons (Fsp3) is 0.389. The van der Waals surface area contributed by atoms with Gasteiger partial charge in [-0.3, -0.25) is 0 Å². The molecule has 2 heterocycles. The Labute approximate surface area is 147 Å². The van der Waals surface area contributed by atoms with Crippen molar-refractivity contribution in [3.8, 4) is 0 Å². The summed E-state index contributed by atoms with van der Waals surface area (Å²) in [5.41, 5.74) is 2.88. The Bertz CT molecular complexity index is 682. The molecular weight excluding hydrogens is 318 g/mol. The van der Waals surface area contributed by atoms with Crippen LogP contribution in [-0.2, 0) is 11.2 Å². The minimum absolute atomic E-state index is 0.344. The van der Waals surface area contributed by atoms with Gasteiger partial charge in [0.2, 0.25) is 5.95 Å². The molecule has 1 fully saturated rings. The van der Waals surface area contributed by atoms with E-state index in [2.05, 4.69) is 54.5 Å². The molecule has 0 bridgehead atoms. The number of benzene rings is 1. The maximum atomic E-state index is 11.3. The lowest BCUT2D eigenvalue weighted by atomic mass is 10.1. The highest BCUT2D eigenvalue weighted by Gasteiger charge is 2.10. The normalized spacial score (nSPS) is 14.2. The van der Waals surface area contributed by atoms with Gasteiger partial charge in [-0.25, -0.2) is 14.8 Å². The van der Waals surface area contributed by atoms with E-state index in [9.17, 15) is 4.79 Å². The average molecular weight is 341 g/mol. The van der Waals surface area contributed by atoms with Crippen molar-refractivity contribution in [2.75, 3.05) is 50.1 Å². The van der Waals surface area contributed by atoms with Crippen molar-refractivity contribution in [2.24, 2.45) is 0 Å². The van der Waals surface area contributed by atoms with Gasteiger partial charge in [-0.15, -0.1) is 0 Å². The van der Waals surface area contributed by atoms with Crippen molar-refractivity contribution in [1.82, 2.24) is 15.3 Å². The van der Waals surface area contributed by atoms with Crippen LogP contribution in [0.15, 0.2) is 36.7 Å². The van der Waals surface area contributed by atoms with Gasteiger partial charge in [-0.1, -0.05) is 12.1 Å². The Morgan fingerprint density at radius 2 is 1.88 bits per heavy atom. The third kappa shape index (κ3) is 4.67. The standard InChI is InChI=1S/C18H23N5O2/c1-25-17(24)15-12-21-18(22-13-15)20-7-6-14-2-4-16(5-3-14)23-10-8-19-9-11-23/h2-5,12-13,19H,6-11H2,1H3,(H,20,21,22). The summed E-state index contributed by atoms with van der Waals surface area (Å²) in [5, 5.41) is 6.53. The molecule has 0 unspecified atom stereocenters. The van der Waals surface area contributed by atoms with E-state index < -0.39 is 5.97 Å². The topological polar surface area (TPSA) is 79.4 Å². The summed E-state index contributed by atoms with van der Waals surface area (Å²) >= 11 is 0. The van der Waals surface area contributed by atoms with Crippen LogP contribution in [-0.4, -0.2) is 55.8 Å². The largest absolute Gasteiger partial charge is 0.465 e. The molecule has 2 N–H and O–H groups in total. The van der Waals surface area contributed by atoms with Crippen molar-refractivity contribution in [3.05, 3.63) is 47.8 Å². The molecule has 1 aromatic heterocycles. The van der Waals surface area contributed by atoms with Crippen molar-refractivity contribution >= 4 is 17.6 Å². The first-order valence-electron chi connectivity index (χ1n) is 8.45. The number of carbonyl (C=O) groups excluding carboxylic acids is 1. The summed E-state index contributed by atoms with van der Waals surface area (Å²) in [5.74, 6) is 0.0706. The van der Waals surface area contributed by atoms with Crippen molar-refractivity contribution in [2.45, 2.75) is 6.42 Å². The molecular formula is C18H23N5O2. The van der Waals surface area contributed by atoms with Crippen LogP contribution < -0.4 is 15.5 Å². The number of hydrogen-bond donors (Lipinski definition) is 2. The number of nitrogens with zero attached hydrogens (tertiary/aromatic N) is 3. The molecule has 0 spiro atoms. The molecule has 1 aromatic carbocycles. The van der Waals surface area contributed by atoms with Gasteiger partial charge in [0.1, 0.15) is 0 Å². The Morgan fingerprint density at radius 3 is 2.52 bits per heavy atom. The number of ether oxygens (including phenoxy) is 1. The molecule has 0 saturated carbocycles. The van der Waals surface area contributed by atoms with Crippen molar-refractivity contribution in [3.63, 3.8) is 0 Å². The number of aromatic nitrogens is 2. The summed E-state index contributed by atoms with van der Waals surface area (Å²) in [6, 6.07) is 8.70. The Morgan fingerprint density at radius 1 is 1.20 bits per heavy atom. The molecule has 0 aliphatic carbocycles. The third-order valence-electron chi connectivity index (χ3n) is 4.19.